The second-order valence-electron chi connectivity index (χ2n) is 6.67. The molecule has 0 bridgehead atoms. The largest absolute Gasteiger partial charge is 0.339 e. The molecule has 1 aliphatic rings. The molecular formula is C19H24N4O4S2. The summed E-state index contributed by atoms with van der Waals surface area (Å²) in [5.41, 5.74) is 0.965. The highest BCUT2D eigenvalue weighted by atomic mass is 32.2. The summed E-state index contributed by atoms with van der Waals surface area (Å²) in [4.78, 5) is 26.7. The second kappa shape index (κ2) is 9.38. The van der Waals surface area contributed by atoms with Gasteiger partial charge in [-0.25, -0.2) is 13.2 Å². The third-order valence-corrected chi connectivity index (χ3v) is 7.96. The maximum absolute atomic E-state index is 12.6. The number of aryl methyl sites for hydroxylation is 1. The van der Waals surface area contributed by atoms with Crippen LogP contribution < -0.4 is 10.6 Å². The van der Waals surface area contributed by atoms with Crippen molar-refractivity contribution in [2.45, 2.75) is 17.7 Å². The quantitative estimate of drug-likeness (QED) is 0.715. The van der Waals surface area contributed by atoms with E-state index in [1.165, 1.54) is 15.6 Å². The van der Waals surface area contributed by atoms with E-state index in [-0.39, 0.29) is 25.5 Å². The Morgan fingerprint density at radius 2 is 1.69 bits per heavy atom. The maximum Gasteiger partial charge on any atom is 0.315 e. The Morgan fingerprint density at radius 3 is 2.31 bits per heavy atom. The molecule has 1 fully saturated rings. The molecule has 1 aliphatic heterocycles. The summed E-state index contributed by atoms with van der Waals surface area (Å²) in [6.07, 6.45) is 0. The fourth-order valence-corrected chi connectivity index (χ4v) is 5.82. The van der Waals surface area contributed by atoms with E-state index in [0.29, 0.717) is 23.8 Å². The molecule has 0 saturated carbocycles. The number of nitrogens with one attached hydrogen (secondary N) is 2. The van der Waals surface area contributed by atoms with Crippen LogP contribution in [0, 0.1) is 6.92 Å². The van der Waals surface area contributed by atoms with Crippen molar-refractivity contribution in [3.05, 3.63) is 52.9 Å². The summed E-state index contributed by atoms with van der Waals surface area (Å²) in [6.45, 7) is 3.20. The Labute approximate surface area is 174 Å². The van der Waals surface area contributed by atoms with Gasteiger partial charge in [0.05, 0.1) is 6.54 Å². The average molecular weight is 437 g/mol. The van der Waals surface area contributed by atoms with Crippen LogP contribution in [-0.4, -0.2) is 62.3 Å². The van der Waals surface area contributed by atoms with Crippen LogP contribution in [0.2, 0.25) is 0 Å². The summed E-state index contributed by atoms with van der Waals surface area (Å²) in [5.74, 6) is -0.233. The predicted molar refractivity (Wildman–Crippen MR) is 111 cm³/mol. The lowest BCUT2D eigenvalue weighted by molar-refractivity contribution is -0.131. The van der Waals surface area contributed by atoms with Crippen LogP contribution in [0.25, 0.3) is 0 Å². The normalized spacial score (nSPS) is 15.1. The number of carbonyl (C=O) groups excluding carboxylic acids is 2. The van der Waals surface area contributed by atoms with Gasteiger partial charge in [0, 0.05) is 37.6 Å². The van der Waals surface area contributed by atoms with Crippen LogP contribution in [0.4, 0.5) is 4.79 Å². The first kappa shape index (κ1) is 21.3. The summed E-state index contributed by atoms with van der Waals surface area (Å²) in [5, 5.41) is 5.25. The van der Waals surface area contributed by atoms with Gasteiger partial charge < -0.3 is 15.5 Å². The first-order chi connectivity index (χ1) is 13.9. The maximum atomic E-state index is 12.6. The van der Waals surface area contributed by atoms with Crippen molar-refractivity contribution in [3.63, 3.8) is 0 Å². The molecule has 2 N–H and O–H groups in total. The minimum absolute atomic E-state index is 0.127. The first-order valence-corrected chi connectivity index (χ1v) is 11.5. The van der Waals surface area contributed by atoms with Gasteiger partial charge in [0.2, 0.25) is 5.91 Å². The van der Waals surface area contributed by atoms with E-state index >= 15 is 0 Å². The zero-order valence-electron chi connectivity index (χ0n) is 16.1. The Bertz CT molecular complexity index is 952. The molecule has 2 aromatic rings. The zero-order chi connectivity index (χ0) is 20.9. The number of nitrogens with zero attached hydrogens (tertiary/aromatic N) is 2. The Hall–Kier alpha value is -2.43. The number of thiophene rings is 1. The van der Waals surface area contributed by atoms with Crippen LogP contribution in [0.1, 0.15) is 10.4 Å². The SMILES string of the molecule is Cc1ccc(S(=O)(=O)N2CCN(C(=O)CNC(=O)NCc3ccccc3)CC2)s1. The monoisotopic (exact) mass is 436 g/mol. The number of hydrogen-bond acceptors (Lipinski definition) is 5. The molecule has 0 aliphatic carbocycles. The third-order valence-electron chi connectivity index (χ3n) is 4.60. The molecule has 1 aromatic carbocycles. The van der Waals surface area contributed by atoms with E-state index in [0.717, 1.165) is 10.4 Å². The number of urea groups is 1. The van der Waals surface area contributed by atoms with E-state index in [1.807, 2.05) is 37.3 Å². The Balaban J connectivity index is 1.42. The minimum atomic E-state index is -3.52. The van der Waals surface area contributed by atoms with Crippen molar-refractivity contribution in [3.8, 4) is 0 Å². The van der Waals surface area contributed by atoms with E-state index in [9.17, 15) is 18.0 Å². The van der Waals surface area contributed by atoms with E-state index < -0.39 is 16.1 Å². The number of benzene rings is 1. The highest BCUT2D eigenvalue weighted by Crippen LogP contribution is 2.25. The molecule has 8 nitrogen and oxygen atoms in total. The van der Waals surface area contributed by atoms with E-state index in [4.69, 9.17) is 0 Å². The Kier molecular flexibility index (Phi) is 6.88. The van der Waals surface area contributed by atoms with Crippen LogP contribution in [-0.2, 0) is 21.4 Å². The van der Waals surface area contributed by atoms with E-state index in [2.05, 4.69) is 10.6 Å². The molecule has 1 saturated heterocycles. The molecule has 10 heteroatoms. The third kappa shape index (κ3) is 5.55. The van der Waals surface area contributed by atoms with Crippen LogP contribution >= 0.6 is 11.3 Å². The summed E-state index contributed by atoms with van der Waals surface area (Å²) in [7, 11) is -3.52. The summed E-state index contributed by atoms with van der Waals surface area (Å²) < 4.78 is 27.0. The van der Waals surface area contributed by atoms with Crippen molar-refractivity contribution >= 4 is 33.3 Å². The van der Waals surface area contributed by atoms with Crippen LogP contribution in [0.3, 0.4) is 0 Å². The summed E-state index contributed by atoms with van der Waals surface area (Å²) in [6, 6.07) is 12.4. The first-order valence-electron chi connectivity index (χ1n) is 9.26. The number of sulfonamides is 1. The predicted octanol–water partition coefficient (Wildman–Crippen LogP) is 1.39. The van der Waals surface area contributed by atoms with Crippen LogP contribution in [0.5, 0.6) is 0 Å². The minimum Gasteiger partial charge on any atom is -0.339 e. The number of piperazine rings is 1. The molecule has 3 amide bonds. The molecule has 29 heavy (non-hydrogen) atoms. The Morgan fingerprint density at radius 1 is 1.00 bits per heavy atom. The van der Waals surface area contributed by atoms with Crippen LogP contribution in [0.15, 0.2) is 46.7 Å². The molecule has 1 aromatic heterocycles. The van der Waals surface area contributed by atoms with Gasteiger partial charge in [-0.1, -0.05) is 30.3 Å². The van der Waals surface area contributed by atoms with Gasteiger partial charge >= 0.3 is 6.03 Å². The van der Waals surface area contributed by atoms with Gasteiger partial charge in [-0.3, -0.25) is 4.79 Å². The molecule has 0 atom stereocenters. The molecule has 0 unspecified atom stereocenters. The standard InChI is InChI=1S/C19H24N4O4S2/c1-15-7-8-18(28-15)29(26,27)23-11-9-22(10-12-23)17(24)14-21-19(25)20-13-16-5-3-2-4-6-16/h2-8H,9-14H2,1H3,(H2,20,21,25). The lowest BCUT2D eigenvalue weighted by Gasteiger charge is -2.33. The van der Waals surface area contributed by atoms with Gasteiger partial charge in [0.25, 0.3) is 10.0 Å². The van der Waals surface area contributed by atoms with Crippen molar-refractivity contribution < 1.29 is 18.0 Å². The van der Waals surface area contributed by atoms with Gasteiger partial charge in [-0.15, -0.1) is 11.3 Å². The number of rotatable bonds is 6. The van der Waals surface area contributed by atoms with Gasteiger partial charge in [-0.05, 0) is 24.6 Å². The van der Waals surface area contributed by atoms with Crippen molar-refractivity contribution in [1.29, 1.82) is 0 Å². The van der Waals surface area contributed by atoms with Gasteiger partial charge in [0.15, 0.2) is 0 Å². The topological polar surface area (TPSA) is 98.8 Å². The number of amides is 3. The molecule has 156 valence electrons. The fraction of sp³-hybridized carbons (Fsp3) is 0.368. The van der Waals surface area contributed by atoms with Gasteiger partial charge in [-0.2, -0.15) is 4.31 Å². The molecule has 2 heterocycles. The lowest BCUT2D eigenvalue weighted by atomic mass is 10.2. The number of hydrogen-bond donors (Lipinski definition) is 2. The molecular weight excluding hydrogens is 412 g/mol. The fourth-order valence-electron chi connectivity index (χ4n) is 2.96. The highest BCUT2D eigenvalue weighted by Gasteiger charge is 2.30. The van der Waals surface area contributed by atoms with Gasteiger partial charge in [0.1, 0.15) is 4.21 Å². The molecule has 0 spiro atoms. The highest BCUT2D eigenvalue weighted by molar-refractivity contribution is 7.91. The second-order valence-corrected chi connectivity index (χ2v) is 10.1. The smallest absolute Gasteiger partial charge is 0.315 e. The molecule has 3 rings (SSSR count). The zero-order valence-corrected chi connectivity index (χ0v) is 17.8. The van der Waals surface area contributed by atoms with Crippen molar-refractivity contribution in [1.82, 2.24) is 19.8 Å². The van der Waals surface area contributed by atoms with Crippen molar-refractivity contribution in [2.75, 3.05) is 32.7 Å². The lowest BCUT2D eigenvalue weighted by Crippen LogP contribution is -2.52. The average Bonchev–Trinajstić information content (AvgIpc) is 3.18. The number of carbonyl (C=O) groups is 2. The van der Waals surface area contributed by atoms with Crippen molar-refractivity contribution in [2.24, 2.45) is 0 Å². The molecule has 0 radical (unpaired) electrons. The van der Waals surface area contributed by atoms with E-state index in [1.54, 1.807) is 17.0 Å². The summed E-state index contributed by atoms with van der Waals surface area (Å²) >= 11 is 1.25.